The maximum Gasteiger partial charge on any atom is 0.205 e. The average Bonchev–Trinajstić information content (AvgIpc) is 2.70. The van der Waals surface area contributed by atoms with Gasteiger partial charge in [-0.1, -0.05) is 23.7 Å². The summed E-state index contributed by atoms with van der Waals surface area (Å²) in [5.41, 5.74) is 9.95. The van der Waals surface area contributed by atoms with Crippen molar-refractivity contribution >= 4 is 44.5 Å². The Morgan fingerprint density at radius 3 is 2.84 bits per heavy atom. The first-order valence-electron chi connectivity index (χ1n) is 5.77. The molecule has 0 spiro atoms. The van der Waals surface area contributed by atoms with Crippen molar-refractivity contribution in [3.8, 4) is 5.69 Å². The maximum atomic E-state index is 6.08. The molecule has 0 amide bonds. The molecule has 5 heteroatoms. The molecule has 3 aromatic rings. The fourth-order valence-electron chi connectivity index (χ4n) is 2.21. The summed E-state index contributed by atoms with van der Waals surface area (Å²) in [4.78, 5) is 4.40. The molecule has 0 unspecified atom stereocenters. The molecule has 0 aliphatic rings. The van der Waals surface area contributed by atoms with Crippen LogP contribution >= 0.6 is 27.5 Å². The van der Waals surface area contributed by atoms with Crippen LogP contribution in [0.25, 0.3) is 16.7 Å². The lowest BCUT2D eigenvalue weighted by atomic mass is 10.2. The van der Waals surface area contributed by atoms with Crippen molar-refractivity contribution in [1.29, 1.82) is 0 Å². The van der Waals surface area contributed by atoms with E-state index < -0.39 is 0 Å². The molecule has 1 heterocycles. The number of nitrogens with zero attached hydrogens (tertiary/aromatic N) is 2. The first-order valence-corrected chi connectivity index (χ1v) is 6.94. The van der Waals surface area contributed by atoms with Gasteiger partial charge in [0.2, 0.25) is 5.95 Å². The van der Waals surface area contributed by atoms with Gasteiger partial charge in [-0.25, -0.2) is 4.98 Å². The molecule has 0 saturated carbocycles. The molecular weight excluding hydrogens is 326 g/mol. The smallest absolute Gasteiger partial charge is 0.205 e. The van der Waals surface area contributed by atoms with E-state index in [1.807, 2.05) is 47.9 Å². The van der Waals surface area contributed by atoms with E-state index in [4.69, 9.17) is 17.3 Å². The van der Waals surface area contributed by atoms with E-state index in [1.54, 1.807) is 0 Å². The van der Waals surface area contributed by atoms with Crippen LogP contribution in [0.4, 0.5) is 5.95 Å². The van der Waals surface area contributed by atoms with Crippen molar-refractivity contribution in [2.75, 3.05) is 5.73 Å². The zero-order valence-corrected chi connectivity index (χ0v) is 12.5. The Hall–Kier alpha value is -1.52. The van der Waals surface area contributed by atoms with E-state index in [0.29, 0.717) is 11.0 Å². The van der Waals surface area contributed by atoms with Crippen molar-refractivity contribution in [2.45, 2.75) is 6.92 Å². The Morgan fingerprint density at radius 1 is 1.26 bits per heavy atom. The topological polar surface area (TPSA) is 43.8 Å². The molecule has 0 atom stereocenters. The third-order valence-corrected chi connectivity index (χ3v) is 3.96. The third kappa shape index (κ3) is 2.01. The summed E-state index contributed by atoms with van der Waals surface area (Å²) in [5.74, 6) is 0.451. The standard InChI is InChI=1S/C14H11BrClN3/c1-8-3-2-4-11-13(8)19(14(17)18-11)12-7-9(16)5-6-10(12)15/h2-7H,1H3,(H2,17,18). The van der Waals surface area contributed by atoms with Crippen LogP contribution < -0.4 is 5.73 Å². The van der Waals surface area contributed by atoms with Crippen LogP contribution in [0, 0.1) is 6.92 Å². The minimum Gasteiger partial charge on any atom is -0.369 e. The molecule has 0 bridgehead atoms. The van der Waals surface area contributed by atoms with Gasteiger partial charge in [0.1, 0.15) is 0 Å². The Labute approximate surface area is 124 Å². The number of para-hydroxylation sites is 1. The summed E-state index contributed by atoms with van der Waals surface area (Å²) in [5, 5.41) is 0.660. The fourth-order valence-corrected chi connectivity index (χ4v) is 2.80. The van der Waals surface area contributed by atoms with Crippen LogP contribution in [0.15, 0.2) is 40.9 Å². The lowest BCUT2D eigenvalue weighted by Gasteiger charge is -2.10. The minimum atomic E-state index is 0.451. The molecule has 96 valence electrons. The van der Waals surface area contributed by atoms with Gasteiger partial charge in [0.25, 0.3) is 0 Å². The highest BCUT2D eigenvalue weighted by Gasteiger charge is 2.14. The Kier molecular flexibility index (Phi) is 2.99. The number of fused-ring (bicyclic) bond motifs is 1. The largest absolute Gasteiger partial charge is 0.369 e. The van der Waals surface area contributed by atoms with E-state index in [0.717, 1.165) is 26.8 Å². The van der Waals surface area contributed by atoms with Gasteiger partial charge in [-0.2, -0.15) is 0 Å². The van der Waals surface area contributed by atoms with Crippen LogP contribution in [0.5, 0.6) is 0 Å². The minimum absolute atomic E-state index is 0.451. The predicted molar refractivity (Wildman–Crippen MR) is 82.9 cm³/mol. The van der Waals surface area contributed by atoms with Gasteiger partial charge in [-0.15, -0.1) is 0 Å². The van der Waals surface area contributed by atoms with Crippen molar-refractivity contribution in [1.82, 2.24) is 9.55 Å². The second-order valence-electron chi connectivity index (χ2n) is 4.34. The zero-order valence-electron chi connectivity index (χ0n) is 10.2. The molecule has 3 nitrogen and oxygen atoms in total. The number of hydrogen-bond acceptors (Lipinski definition) is 2. The summed E-state index contributed by atoms with van der Waals surface area (Å²) in [6.07, 6.45) is 0. The highest BCUT2D eigenvalue weighted by molar-refractivity contribution is 9.10. The third-order valence-electron chi connectivity index (χ3n) is 3.05. The Balaban J connectivity index is 2.42. The number of imidazole rings is 1. The predicted octanol–water partition coefficient (Wildman–Crippen LogP) is 4.33. The summed E-state index contributed by atoms with van der Waals surface area (Å²) in [6, 6.07) is 11.6. The molecule has 2 N–H and O–H groups in total. The summed E-state index contributed by atoms with van der Waals surface area (Å²) >= 11 is 9.62. The summed E-state index contributed by atoms with van der Waals surface area (Å²) in [7, 11) is 0. The molecule has 3 rings (SSSR count). The number of nitrogens with two attached hydrogens (primary N) is 1. The van der Waals surface area contributed by atoms with Crippen molar-refractivity contribution in [3.05, 3.63) is 51.5 Å². The second kappa shape index (κ2) is 4.54. The molecule has 2 aromatic carbocycles. The van der Waals surface area contributed by atoms with E-state index in [2.05, 4.69) is 20.9 Å². The van der Waals surface area contributed by atoms with Gasteiger partial charge >= 0.3 is 0 Å². The number of aryl methyl sites for hydroxylation is 1. The first-order chi connectivity index (χ1) is 9.08. The second-order valence-corrected chi connectivity index (χ2v) is 5.63. The molecule has 0 saturated heterocycles. The average molecular weight is 337 g/mol. The normalized spacial score (nSPS) is 11.1. The highest BCUT2D eigenvalue weighted by atomic mass is 79.9. The van der Waals surface area contributed by atoms with Crippen molar-refractivity contribution < 1.29 is 0 Å². The van der Waals surface area contributed by atoms with Gasteiger partial charge in [0.15, 0.2) is 0 Å². The van der Waals surface area contributed by atoms with Crippen molar-refractivity contribution in [2.24, 2.45) is 0 Å². The van der Waals surface area contributed by atoms with E-state index in [1.165, 1.54) is 0 Å². The molecule has 0 aliphatic carbocycles. The number of nitrogen functional groups attached to an aromatic ring is 1. The molecule has 0 aliphatic heterocycles. The van der Waals surface area contributed by atoms with Crippen LogP contribution in [0.3, 0.4) is 0 Å². The fraction of sp³-hybridized carbons (Fsp3) is 0.0714. The molecule has 19 heavy (non-hydrogen) atoms. The van der Waals surface area contributed by atoms with Gasteiger partial charge < -0.3 is 5.73 Å². The molecule has 0 fully saturated rings. The van der Waals surface area contributed by atoms with Crippen LogP contribution in [-0.4, -0.2) is 9.55 Å². The SMILES string of the molecule is Cc1cccc2nc(N)n(-c3cc(Cl)ccc3Br)c12. The lowest BCUT2D eigenvalue weighted by molar-refractivity contribution is 1.10. The number of aromatic nitrogens is 2. The van der Waals surface area contributed by atoms with E-state index in [-0.39, 0.29) is 0 Å². The van der Waals surface area contributed by atoms with Crippen LogP contribution in [0.1, 0.15) is 5.56 Å². The van der Waals surface area contributed by atoms with Gasteiger partial charge in [-0.05, 0) is 52.7 Å². The van der Waals surface area contributed by atoms with Gasteiger partial charge in [-0.3, -0.25) is 4.57 Å². The number of hydrogen-bond donors (Lipinski definition) is 1. The molecule has 1 aromatic heterocycles. The van der Waals surface area contributed by atoms with Gasteiger partial charge in [0, 0.05) is 9.50 Å². The summed E-state index contributed by atoms with van der Waals surface area (Å²) in [6.45, 7) is 2.04. The lowest BCUT2D eigenvalue weighted by Crippen LogP contribution is -2.02. The van der Waals surface area contributed by atoms with Crippen LogP contribution in [0.2, 0.25) is 5.02 Å². The zero-order chi connectivity index (χ0) is 13.6. The van der Waals surface area contributed by atoms with E-state index >= 15 is 0 Å². The molecular formula is C14H11BrClN3. The van der Waals surface area contributed by atoms with Crippen molar-refractivity contribution in [3.63, 3.8) is 0 Å². The highest BCUT2D eigenvalue weighted by Crippen LogP contribution is 2.31. The quantitative estimate of drug-likeness (QED) is 0.718. The molecule has 0 radical (unpaired) electrons. The number of halogens is 2. The Bertz CT molecular complexity index is 780. The van der Waals surface area contributed by atoms with Crippen LogP contribution in [-0.2, 0) is 0 Å². The monoisotopic (exact) mass is 335 g/mol. The number of benzene rings is 2. The van der Waals surface area contributed by atoms with Gasteiger partial charge in [0.05, 0.1) is 16.7 Å². The number of rotatable bonds is 1. The maximum absolute atomic E-state index is 6.08. The number of anilines is 1. The summed E-state index contributed by atoms with van der Waals surface area (Å²) < 4.78 is 2.84. The van der Waals surface area contributed by atoms with E-state index in [9.17, 15) is 0 Å². The Morgan fingerprint density at radius 2 is 2.05 bits per heavy atom. The first kappa shape index (κ1) is 12.5.